The number of hydrogen-bond donors (Lipinski definition) is 3. The average molecular weight is 615 g/mol. The third-order valence-corrected chi connectivity index (χ3v) is 9.47. The van der Waals surface area contributed by atoms with Crippen molar-refractivity contribution in [1.29, 1.82) is 0 Å². The van der Waals surface area contributed by atoms with Crippen LogP contribution in [0.2, 0.25) is 0 Å². The van der Waals surface area contributed by atoms with E-state index in [2.05, 4.69) is 24.7 Å². The number of benzene rings is 2. The van der Waals surface area contributed by atoms with Gasteiger partial charge in [-0.3, -0.25) is 9.78 Å². The number of carbonyl (C=O) groups is 1. The second-order valence-corrected chi connectivity index (χ2v) is 12.8. The maximum atomic E-state index is 14.3. The van der Waals surface area contributed by atoms with Crippen molar-refractivity contribution in [3.05, 3.63) is 90.4 Å². The van der Waals surface area contributed by atoms with Crippen LogP contribution in [0, 0.1) is 5.92 Å². The van der Waals surface area contributed by atoms with E-state index in [0.717, 1.165) is 72.8 Å². The highest BCUT2D eigenvalue weighted by Gasteiger charge is 2.41. The van der Waals surface area contributed by atoms with E-state index in [0.29, 0.717) is 5.69 Å². The van der Waals surface area contributed by atoms with Gasteiger partial charge >= 0.3 is 6.36 Å². The Hall–Kier alpha value is -3.90. The average Bonchev–Trinajstić information content (AvgIpc) is 3.38. The molecule has 0 radical (unpaired) electrons. The predicted molar refractivity (Wildman–Crippen MR) is 156 cm³/mol. The lowest BCUT2D eigenvalue weighted by Crippen LogP contribution is -2.59. The standard InChI is InChI=1S/C31H33F3N4O4S/c1-30(19-22-20-36-26-12-6-5-11-25(22)26,38-43(40,41)24-16-14-23(15-17-24)42-31(32,33)34)29(39)37-28(21-9-3-2-4-10-21)27-13-7-8-18-35-27/h5-8,11-18,20-21,28,36,38H,2-4,9-10,19H2,1H3,(H,37,39). The summed E-state index contributed by atoms with van der Waals surface area (Å²) in [5.41, 5.74) is 0.557. The maximum absolute atomic E-state index is 14.3. The lowest BCUT2D eigenvalue weighted by atomic mass is 9.82. The van der Waals surface area contributed by atoms with Gasteiger partial charge in [0, 0.05) is 29.7 Å². The Morgan fingerprint density at radius 1 is 1.02 bits per heavy atom. The van der Waals surface area contributed by atoms with Gasteiger partial charge in [-0.1, -0.05) is 43.5 Å². The van der Waals surface area contributed by atoms with Crippen LogP contribution in [0.15, 0.2) is 84.0 Å². The van der Waals surface area contributed by atoms with E-state index in [1.807, 2.05) is 36.4 Å². The third kappa shape index (κ3) is 7.37. The molecule has 228 valence electrons. The van der Waals surface area contributed by atoms with Gasteiger partial charge in [0.2, 0.25) is 15.9 Å². The van der Waals surface area contributed by atoms with Gasteiger partial charge in [0.05, 0.1) is 16.6 Å². The van der Waals surface area contributed by atoms with Crippen LogP contribution in [0.5, 0.6) is 5.75 Å². The number of fused-ring (bicyclic) bond motifs is 1. The number of sulfonamides is 1. The number of hydrogen-bond acceptors (Lipinski definition) is 5. The summed E-state index contributed by atoms with van der Waals surface area (Å²) < 4.78 is 71.6. The first-order valence-electron chi connectivity index (χ1n) is 14.1. The molecule has 5 rings (SSSR count). The number of halogens is 3. The molecular formula is C31H33F3N4O4S. The van der Waals surface area contributed by atoms with E-state index in [1.54, 1.807) is 18.5 Å². The van der Waals surface area contributed by atoms with Crippen LogP contribution >= 0.6 is 0 Å². The molecule has 1 fully saturated rings. The minimum absolute atomic E-state index is 0.00303. The smallest absolute Gasteiger partial charge is 0.406 e. The number of nitrogens with one attached hydrogen (secondary N) is 3. The molecule has 1 aliphatic rings. The van der Waals surface area contributed by atoms with Crippen LogP contribution in [-0.4, -0.2) is 36.2 Å². The van der Waals surface area contributed by atoms with Crippen LogP contribution in [0.3, 0.4) is 0 Å². The number of para-hydroxylation sites is 1. The molecule has 1 saturated carbocycles. The fourth-order valence-corrected chi connectivity index (χ4v) is 7.13. The molecule has 2 unspecified atom stereocenters. The molecule has 8 nitrogen and oxygen atoms in total. The summed E-state index contributed by atoms with van der Waals surface area (Å²) in [4.78, 5) is 21.6. The summed E-state index contributed by atoms with van der Waals surface area (Å²) in [6.07, 6.45) is 3.45. The molecule has 12 heteroatoms. The number of carbonyl (C=O) groups excluding carboxylic acids is 1. The molecule has 0 aliphatic heterocycles. The molecule has 4 aromatic rings. The lowest BCUT2D eigenvalue weighted by Gasteiger charge is -2.35. The highest BCUT2D eigenvalue weighted by Crippen LogP contribution is 2.35. The Morgan fingerprint density at radius 2 is 1.72 bits per heavy atom. The molecule has 3 N–H and O–H groups in total. The van der Waals surface area contributed by atoms with Crippen molar-refractivity contribution in [2.75, 3.05) is 0 Å². The molecule has 43 heavy (non-hydrogen) atoms. The first-order valence-corrected chi connectivity index (χ1v) is 15.6. The fraction of sp³-hybridized carbons (Fsp3) is 0.355. The zero-order valence-electron chi connectivity index (χ0n) is 23.5. The zero-order valence-corrected chi connectivity index (χ0v) is 24.3. The highest BCUT2D eigenvalue weighted by molar-refractivity contribution is 7.89. The Labute approximate surface area is 248 Å². The van der Waals surface area contributed by atoms with Crippen molar-refractivity contribution in [3.63, 3.8) is 0 Å². The fourth-order valence-electron chi connectivity index (χ4n) is 5.76. The van der Waals surface area contributed by atoms with Gasteiger partial charge < -0.3 is 15.0 Å². The number of aromatic nitrogens is 2. The molecular weight excluding hydrogens is 581 g/mol. The summed E-state index contributed by atoms with van der Waals surface area (Å²) in [6, 6.07) is 16.4. The number of rotatable bonds is 10. The Balaban J connectivity index is 1.48. The Morgan fingerprint density at radius 3 is 2.40 bits per heavy atom. The number of aromatic amines is 1. The molecule has 0 saturated heterocycles. The van der Waals surface area contributed by atoms with Gasteiger partial charge in [0.15, 0.2) is 0 Å². The number of ether oxygens (including phenoxy) is 1. The minimum Gasteiger partial charge on any atom is -0.406 e. The molecule has 2 atom stereocenters. The summed E-state index contributed by atoms with van der Waals surface area (Å²) in [6.45, 7) is 1.51. The monoisotopic (exact) mass is 614 g/mol. The van der Waals surface area contributed by atoms with Crippen LogP contribution in [0.4, 0.5) is 13.2 Å². The normalized spacial score (nSPS) is 16.8. The largest absolute Gasteiger partial charge is 0.573 e. The van der Waals surface area contributed by atoms with Crippen molar-refractivity contribution in [1.82, 2.24) is 20.0 Å². The minimum atomic E-state index is -4.92. The van der Waals surface area contributed by atoms with Gasteiger partial charge in [-0.25, -0.2) is 8.42 Å². The van der Waals surface area contributed by atoms with E-state index >= 15 is 0 Å². The molecule has 2 heterocycles. The summed E-state index contributed by atoms with van der Waals surface area (Å²) in [5.74, 6) is -0.973. The highest BCUT2D eigenvalue weighted by atomic mass is 32.2. The van der Waals surface area contributed by atoms with Crippen molar-refractivity contribution in [3.8, 4) is 5.75 Å². The Bertz CT molecular complexity index is 1650. The SMILES string of the molecule is CC(Cc1c[nH]c2ccccc12)(NS(=O)(=O)c1ccc(OC(F)(F)F)cc1)C(=O)NC(c1ccccn1)C1CCCCC1. The third-order valence-electron chi connectivity index (χ3n) is 7.86. The number of nitrogens with zero attached hydrogens (tertiary/aromatic N) is 1. The van der Waals surface area contributed by atoms with E-state index in [-0.39, 0.29) is 17.2 Å². The van der Waals surface area contributed by atoms with Crippen molar-refractivity contribution < 1.29 is 31.1 Å². The predicted octanol–water partition coefficient (Wildman–Crippen LogP) is 6.18. The van der Waals surface area contributed by atoms with Gasteiger partial charge in [0.1, 0.15) is 11.3 Å². The zero-order chi connectivity index (χ0) is 30.7. The molecule has 2 aromatic heterocycles. The molecule has 0 spiro atoms. The molecule has 0 bridgehead atoms. The molecule has 1 amide bonds. The first-order chi connectivity index (χ1) is 20.4. The van der Waals surface area contributed by atoms with Crippen LogP contribution in [-0.2, 0) is 21.2 Å². The summed E-state index contributed by atoms with van der Waals surface area (Å²) >= 11 is 0. The summed E-state index contributed by atoms with van der Waals surface area (Å²) in [7, 11) is -4.38. The number of alkyl halides is 3. The second kappa shape index (κ2) is 12.4. The van der Waals surface area contributed by atoms with Crippen molar-refractivity contribution >= 4 is 26.8 Å². The number of pyridine rings is 1. The van der Waals surface area contributed by atoms with Crippen LogP contribution in [0.1, 0.15) is 56.3 Å². The summed E-state index contributed by atoms with van der Waals surface area (Å²) in [5, 5.41) is 3.97. The first kappa shape index (κ1) is 30.6. The quantitative estimate of drug-likeness (QED) is 0.198. The van der Waals surface area contributed by atoms with Gasteiger partial charge in [-0.2, -0.15) is 4.72 Å². The second-order valence-electron chi connectivity index (χ2n) is 11.1. The van der Waals surface area contributed by atoms with Crippen LogP contribution < -0.4 is 14.8 Å². The van der Waals surface area contributed by atoms with E-state index in [4.69, 9.17) is 0 Å². The van der Waals surface area contributed by atoms with Crippen molar-refractivity contribution in [2.45, 2.75) is 68.3 Å². The topological polar surface area (TPSA) is 113 Å². The van der Waals surface area contributed by atoms with E-state index in [1.165, 1.54) is 6.92 Å². The van der Waals surface area contributed by atoms with Gasteiger partial charge in [-0.15, -0.1) is 13.2 Å². The molecule has 2 aromatic carbocycles. The van der Waals surface area contributed by atoms with Crippen LogP contribution in [0.25, 0.3) is 10.9 Å². The van der Waals surface area contributed by atoms with E-state index in [9.17, 15) is 26.4 Å². The lowest BCUT2D eigenvalue weighted by molar-refractivity contribution is -0.274. The van der Waals surface area contributed by atoms with E-state index < -0.39 is 39.6 Å². The van der Waals surface area contributed by atoms with Gasteiger partial charge in [-0.05, 0) is 73.7 Å². The van der Waals surface area contributed by atoms with Gasteiger partial charge in [0.25, 0.3) is 0 Å². The number of amides is 1. The number of H-pyrrole nitrogens is 1. The molecule has 1 aliphatic carbocycles. The Kier molecular flexibility index (Phi) is 8.79. The maximum Gasteiger partial charge on any atom is 0.573 e. The van der Waals surface area contributed by atoms with Crippen molar-refractivity contribution in [2.24, 2.45) is 5.92 Å².